The summed E-state index contributed by atoms with van der Waals surface area (Å²) >= 11 is 0. The molecule has 0 aromatic heterocycles. The summed E-state index contributed by atoms with van der Waals surface area (Å²) in [7, 11) is 0. The summed E-state index contributed by atoms with van der Waals surface area (Å²) in [5.41, 5.74) is 0.642. The fourth-order valence-corrected chi connectivity index (χ4v) is 3.32. The standard InChI is InChI=1S/C20H32F2N4O.HI/c1-3-11-26-12-9-16(10-13-26)14-24-20(23-4-2)25-15-17-7-5-6-8-18(17)27-19(21)22;/h5-8,16,19H,3-4,9-15H2,1-2H3,(H2,23,24,25);1H. The number of aliphatic imine (C=N–C) groups is 1. The Morgan fingerprint density at radius 3 is 2.57 bits per heavy atom. The number of rotatable bonds is 9. The zero-order valence-electron chi connectivity index (χ0n) is 16.8. The van der Waals surface area contributed by atoms with E-state index >= 15 is 0 Å². The van der Waals surface area contributed by atoms with Gasteiger partial charge in [0.15, 0.2) is 5.96 Å². The minimum Gasteiger partial charge on any atom is -0.434 e. The van der Waals surface area contributed by atoms with Gasteiger partial charge in [0, 0.05) is 18.7 Å². The lowest BCUT2D eigenvalue weighted by atomic mass is 9.97. The van der Waals surface area contributed by atoms with Crippen molar-refractivity contribution < 1.29 is 13.5 Å². The average Bonchev–Trinajstić information content (AvgIpc) is 2.66. The van der Waals surface area contributed by atoms with Crippen molar-refractivity contribution in [3.8, 4) is 5.75 Å². The minimum atomic E-state index is -2.83. The second-order valence-electron chi connectivity index (χ2n) is 6.85. The summed E-state index contributed by atoms with van der Waals surface area (Å²) in [6.45, 7) is 6.80. The molecule has 0 atom stereocenters. The average molecular weight is 510 g/mol. The van der Waals surface area contributed by atoms with Gasteiger partial charge < -0.3 is 20.3 Å². The van der Waals surface area contributed by atoms with Gasteiger partial charge in [-0.1, -0.05) is 25.1 Å². The molecule has 1 fully saturated rings. The lowest BCUT2D eigenvalue weighted by Gasteiger charge is -2.32. The number of guanidine groups is 1. The van der Waals surface area contributed by atoms with Crippen molar-refractivity contribution in [1.29, 1.82) is 0 Å². The van der Waals surface area contributed by atoms with Crippen LogP contribution < -0.4 is 15.4 Å². The number of benzene rings is 1. The van der Waals surface area contributed by atoms with Gasteiger partial charge in [-0.15, -0.1) is 24.0 Å². The van der Waals surface area contributed by atoms with E-state index in [0.717, 1.165) is 26.2 Å². The molecule has 28 heavy (non-hydrogen) atoms. The Hall–Kier alpha value is -1.16. The summed E-state index contributed by atoms with van der Waals surface area (Å²) in [5, 5.41) is 6.62. The first-order valence-corrected chi connectivity index (χ1v) is 9.89. The van der Waals surface area contributed by atoms with Gasteiger partial charge in [-0.3, -0.25) is 0 Å². The normalized spacial score (nSPS) is 16.0. The number of para-hydroxylation sites is 1. The van der Waals surface area contributed by atoms with E-state index in [0.29, 0.717) is 17.4 Å². The van der Waals surface area contributed by atoms with Crippen molar-refractivity contribution in [2.24, 2.45) is 10.9 Å². The summed E-state index contributed by atoms with van der Waals surface area (Å²) in [6, 6.07) is 6.78. The molecule has 0 aliphatic carbocycles. The highest BCUT2D eigenvalue weighted by Gasteiger charge is 2.18. The molecule has 1 heterocycles. The number of piperidine rings is 1. The van der Waals surface area contributed by atoms with Gasteiger partial charge in [-0.2, -0.15) is 8.78 Å². The van der Waals surface area contributed by atoms with Crippen molar-refractivity contribution in [2.75, 3.05) is 32.7 Å². The topological polar surface area (TPSA) is 48.9 Å². The van der Waals surface area contributed by atoms with Crippen molar-refractivity contribution in [1.82, 2.24) is 15.5 Å². The minimum absolute atomic E-state index is 0. The highest BCUT2D eigenvalue weighted by molar-refractivity contribution is 14.0. The van der Waals surface area contributed by atoms with Crippen LogP contribution in [0.25, 0.3) is 0 Å². The zero-order valence-corrected chi connectivity index (χ0v) is 19.1. The Labute approximate surface area is 184 Å². The molecule has 1 saturated heterocycles. The van der Waals surface area contributed by atoms with Crippen LogP contribution in [0.4, 0.5) is 8.78 Å². The maximum atomic E-state index is 12.5. The van der Waals surface area contributed by atoms with Crippen molar-refractivity contribution in [2.45, 2.75) is 46.3 Å². The van der Waals surface area contributed by atoms with Crippen LogP contribution in [0.3, 0.4) is 0 Å². The fraction of sp³-hybridized carbons (Fsp3) is 0.650. The van der Waals surface area contributed by atoms with E-state index in [4.69, 9.17) is 0 Å². The van der Waals surface area contributed by atoms with E-state index < -0.39 is 6.61 Å². The summed E-state index contributed by atoms with van der Waals surface area (Å²) in [6.07, 6.45) is 3.59. The lowest BCUT2D eigenvalue weighted by Crippen LogP contribution is -2.43. The molecule has 5 nitrogen and oxygen atoms in total. The maximum Gasteiger partial charge on any atom is 0.387 e. The Bertz CT molecular complexity index is 581. The van der Waals surface area contributed by atoms with Crippen LogP contribution >= 0.6 is 24.0 Å². The van der Waals surface area contributed by atoms with E-state index in [-0.39, 0.29) is 36.3 Å². The van der Waals surface area contributed by atoms with Crippen LogP contribution in [0.5, 0.6) is 5.75 Å². The van der Waals surface area contributed by atoms with Gasteiger partial charge in [0.05, 0.1) is 6.54 Å². The summed E-state index contributed by atoms with van der Waals surface area (Å²) < 4.78 is 29.6. The molecule has 2 N–H and O–H groups in total. The SMILES string of the molecule is CCCN1CCC(CNC(=NCc2ccccc2OC(F)F)NCC)CC1.I. The first kappa shape index (κ1) is 24.9. The van der Waals surface area contributed by atoms with Crippen molar-refractivity contribution in [3.05, 3.63) is 29.8 Å². The predicted octanol–water partition coefficient (Wildman–Crippen LogP) is 4.08. The largest absolute Gasteiger partial charge is 0.434 e. The highest BCUT2D eigenvalue weighted by atomic mass is 127. The van der Waals surface area contributed by atoms with Gasteiger partial charge in [0.2, 0.25) is 0 Å². The Morgan fingerprint density at radius 1 is 1.21 bits per heavy atom. The number of likely N-dealkylation sites (tertiary alicyclic amines) is 1. The molecule has 0 saturated carbocycles. The molecule has 0 bridgehead atoms. The van der Waals surface area contributed by atoms with Gasteiger partial charge in [0.25, 0.3) is 0 Å². The molecular formula is C20H33F2IN4O. The number of hydrogen-bond acceptors (Lipinski definition) is 3. The molecular weight excluding hydrogens is 477 g/mol. The Kier molecular flexibility index (Phi) is 12.4. The second kappa shape index (κ2) is 13.9. The van der Waals surface area contributed by atoms with Crippen LogP contribution in [0.15, 0.2) is 29.3 Å². The smallest absolute Gasteiger partial charge is 0.387 e. The first-order valence-electron chi connectivity index (χ1n) is 9.89. The van der Waals surface area contributed by atoms with Crippen molar-refractivity contribution >= 4 is 29.9 Å². The number of nitrogens with zero attached hydrogens (tertiary/aromatic N) is 2. The van der Waals surface area contributed by atoms with E-state index in [2.05, 4.69) is 32.2 Å². The molecule has 160 valence electrons. The number of ether oxygens (including phenoxy) is 1. The zero-order chi connectivity index (χ0) is 19.5. The highest BCUT2D eigenvalue weighted by Crippen LogP contribution is 2.21. The Balaban J connectivity index is 0.00000392. The van der Waals surface area contributed by atoms with E-state index in [9.17, 15) is 8.78 Å². The molecule has 8 heteroatoms. The lowest BCUT2D eigenvalue weighted by molar-refractivity contribution is -0.0504. The summed E-state index contributed by atoms with van der Waals surface area (Å²) in [4.78, 5) is 7.06. The van der Waals surface area contributed by atoms with E-state index in [1.54, 1.807) is 24.3 Å². The molecule has 1 aliphatic heterocycles. The van der Waals surface area contributed by atoms with Crippen molar-refractivity contribution in [3.63, 3.8) is 0 Å². The number of nitrogens with one attached hydrogen (secondary N) is 2. The van der Waals surface area contributed by atoms with Crippen LogP contribution in [-0.4, -0.2) is 50.2 Å². The number of alkyl halides is 2. The monoisotopic (exact) mass is 510 g/mol. The predicted molar refractivity (Wildman–Crippen MR) is 121 cm³/mol. The Morgan fingerprint density at radius 2 is 1.93 bits per heavy atom. The third kappa shape index (κ3) is 8.89. The quantitative estimate of drug-likeness (QED) is 0.299. The third-order valence-corrected chi connectivity index (χ3v) is 4.75. The number of hydrogen-bond donors (Lipinski definition) is 2. The third-order valence-electron chi connectivity index (χ3n) is 4.75. The summed E-state index contributed by atoms with van der Waals surface area (Å²) in [5.74, 6) is 1.52. The fourth-order valence-electron chi connectivity index (χ4n) is 3.32. The van der Waals surface area contributed by atoms with E-state index in [1.807, 2.05) is 6.92 Å². The van der Waals surface area contributed by atoms with Gasteiger partial charge in [-0.25, -0.2) is 4.99 Å². The number of halogens is 3. The second-order valence-corrected chi connectivity index (χ2v) is 6.85. The molecule has 0 unspecified atom stereocenters. The molecule has 0 spiro atoms. The molecule has 1 aromatic rings. The van der Waals surface area contributed by atoms with Gasteiger partial charge >= 0.3 is 6.61 Å². The molecule has 1 aromatic carbocycles. The first-order chi connectivity index (χ1) is 13.1. The van der Waals surface area contributed by atoms with Gasteiger partial charge in [0.1, 0.15) is 5.75 Å². The van der Waals surface area contributed by atoms with E-state index in [1.165, 1.54) is 25.8 Å². The molecule has 0 radical (unpaired) electrons. The molecule has 1 aliphatic rings. The van der Waals surface area contributed by atoms with Crippen LogP contribution in [0.1, 0.15) is 38.7 Å². The molecule has 2 rings (SSSR count). The maximum absolute atomic E-state index is 12.5. The van der Waals surface area contributed by atoms with Gasteiger partial charge in [-0.05, 0) is 57.8 Å². The van der Waals surface area contributed by atoms with Crippen LogP contribution in [0, 0.1) is 5.92 Å². The molecule has 0 amide bonds. The van der Waals surface area contributed by atoms with Crippen LogP contribution in [-0.2, 0) is 6.54 Å². The van der Waals surface area contributed by atoms with Crippen LogP contribution in [0.2, 0.25) is 0 Å².